The highest BCUT2D eigenvalue weighted by Crippen LogP contribution is 2.20. The largest absolute Gasteiger partial charge is 0.396 e. The molecular weight excluding hydrogens is 247 g/mol. The lowest BCUT2D eigenvalue weighted by atomic mass is 10.2. The molecule has 0 unspecified atom stereocenters. The average Bonchev–Trinajstić information content (AvgIpc) is 2.72. The summed E-state index contributed by atoms with van der Waals surface area (Å²) < 4.78 is 14.4. The predicted molar refractivity (Wildman–Crippen MR) is 71.4 cm³/mol. The summed E-state index contributed by atoms with van der Waals surface area (Å²) >= 11 is 0. The van der Waals surface area contributed by atoms with Gasteiger partial charge in [-0.05, 0) is 31.2 Å². The van der Waals surface area contributed by atoms with E-state index in [1.807, 2.05) is 6.92 Å². The second-order valence-corrected chi connectivity index (χ2v) is 4.10. The molecule has 0 atom stereocenters. The number of benzene rings is 1. The Morgan fingerprint density at radius 3 is 2.53 bits per heavy atom. The lowest BCUT2D eigenvalue weighted by molar-refractivity contribution is 0.0980. The number of carbonyl (C=O) groups excluding carboxylic acids is 1. The molecule has 0 bridgehead atoms. The third-order valence-electron chi connectivity index (χ3n) is 2.87. The van der Waals surface area contributed by atoms with Crippen molar-refractivity contribution in [3.8, 4) is 0 Å². The van der Waals surface area contributed by atoms with Crippen molar-refractivity contribution in [2.24, 2.45) is 7.05 Å². The van der Waals surface area contributed by atoms with Gasteiger partial charge in [-0.1, -0.05) is 0 Å². The summed E-state index contributed by atoms with van der Waals surface area (Å²) in [5, 5.41) is 3.95. The van der Waals surface area contributed by atoms with Crippen LogP contribution in [0.5, 0.6) is 0 Å². The minimum Gasteiger partial charge on any atom is -0.396 e. The Balaban J connectivity index is 2.37. The van der Waals surface area contributed by atoms with Crippen molar-refractivity contribution in [3.05, 3.63) is 42.0 Å². The van der Waals surface area contributed by atoms with Gasteiger partial charge in [-0.25, -0.2) is 4.39 Å². The maximum absolute atomic E-state index is 12.9. The van der Waals surface area contributed by atoms with Crippen molar-refractivity contribution in [3.63, 3.8) is 0 Å². The molecule has 2 N–H and O–H groups in total. The maximum Gasteiger partial charge on any atom is 0.278 e. The van der Waals surface area contributed by atoms with Gasteiger partial charge >= 0.3 is 0 Å². The highest BCUT2D eigenvalue weighted by atomic mass is 19.1. The lowest BCUT2D eigenvalue weighted by Gasteiger charge is -2.21. The van der Waals surface area contributed by atoms with Crippen molar-refractivity contribution in [2.45, 2.75) is 6.92 Å². The maximum atomic E-state index is 12.9. The highest BCUT2D eigenvalue weighted by molar-refractivity contribution is 6.08. The van der Waals surface area contributed by atoms with Crippen LogP contribution < -0.4 is 10.6 Å². The fraction of sp³-hybridized carbons (Fsp3) is 0.231. The molecule has 1 aromatic heterocycles. The van der Waals surface area contributed by atoms with Crippen LogP contribution in [0.4, 0.5) is 15.8 Å². The first kappa shape index (κ1) is 13.1. The molecule has 5 nitrogen and oxygen atoms in total. The minimum absolute atomic E-state index is 0.258. The Morgan fingerprint density at radius 1 is 1.42 bits per heavy atom. The van der Waals surface area contributed by atoms with Crippen LogP contribution in [0.1, 0.15) is 17.4 Å². The summed E-state index contributed by atoms with van der Waals surface area (Å²) in [5.74, 6) is -0.598. The van der Waals surface area contributed by atoms with Crippen LogP contribution in [0.3, 0.4) is 0 Å². The number of rotatable bonds is 3. The van der Waals surface area contributed by atoms with E-state index in [9.17, 15) is 9.18 Å². The van der Waals surface area contributed by atoms with Gasteiger partial charge in [0, 0.05) is 19.3 Å². The molecule has 0 saturated carbocycles. The minimum atomic E-state index is -0.340. The van der Waals surface area contributed by atoms with Gasteiger partial charge in [0.1, 0.15) is 11.5 Å². The van der Waals surface area contributed by atoms with Crippen LogP contribution in [0.15, 0.2) is 30.5 Å². The van der Waals surface area contributed by atoms with Crippen LogP contribution >= 0.6 is 0 Å². The lowest BCUT2D eigenvalue weighted by Crippen LogP contribution is -2.32. The average molecular weight is 262 g/mol. The number of nitrogens with two attached hydrogens (primary N) is 1. The molecule has 0 aliphatic rings. The summed E-state index contributed by atoms with van der Waals surface area (Å²) in [4.78, 5) is 14.0. The van der Waals surface area contributed by atoms with Gasteiger partial charge in [-0.2, -0.15) is 5.10 Å². The smallest absolute Gasteiger partial charge is 0.278 e. The standard InChI is InChI=1S/C13H15FN4O/c1-3-18(10-6-4-9(14)5-7-10)13(19)12-11(15)8-16-17(12)2/h4-8H,3,15H2,1-2H3. The molecule has 0 aliphatic heterocycles. The van der Waals surface area contributed by atoms with Crippen molar-refractivity contribution < 1.29 is 9.18 Å². The van der Waals surface area contributed by atoms with E-state index >= 15 is 0 Å². The van der Waals surface area contributed by atoms with Gasteiger partial charge in [0.15, 0.2) is 0 Å². The number of anilines is 2. The van der Waals surface area contributed by atoms with Crippen LogP contribution in [0.2, 0.25) is 0 Å². The van der Waals surface area contributed by atoms with Gasteiger partial charge in [-0.3, -0.25) is 9.48 Å². The van der Waals surface area contributed by atoms with Crippen LogP contribution in [0, 0.1) is 5.82 Å². The molecule has 0 radical (unpaired) electrons. The number of hydrogen-bond acceptors (Lipinski definition) is 3. The number of hydrogen-bond donors (Lipinski definition) is 1. The van der Waals surface area contributed by atoms with E-state index in [2.05, 4.69) is 5.10 Å². The third kappa shape index (κ3) is 2.42. The molecule has 2 rings (SSSR count). The highest BCUT2D eigenvalue weighted by Gasteiger charge is 2.21. The number of halogens is 1. The van der Waals surface area contributed by atoms with E-state index in [1.54, 1.807) is 19.2 Å². The molecule has 1 aromatic carbocycles. The third-order valence-corrected chi connectivity index (χ3v) is 2.87. The number of carbonyl (C=O) groups is 1. The van der Waals surface area contributed by atoms with E-state index in [0.29, 0.717) is 23.6 Å². The number of aromatic nitrogens is 2. The first-order valence-corrected chi connectivity index (χ1v) is 5.89. The van der Waals surface area contributed by atoms with Gasteiger partial charge in [0.05, 0.1) is 11.9 Å². The molecule has 0 spiro atoms. The Bertz CT molecular complexity index is 572. The van der Waals surface area contributed by atoms with Crippen molar-refractivity contribution >= 4 is 17.3 Å². The molecule has 0 saturated heterocycles. The molecular formula is C13H15FN4O. The van der Waals surface area contributed by atoms with E-state index in [-0.39, 0.29) is 11.7 Å². The Labute approximate surface area is 110 Å². The van der Waals surface area contributed by atoms with Gasteiger partial charge in [-0.15, -0.1) is 0 Å². The van der Waals surface area contributed by atoms with Crippen LogP contribution in [-0.4, -0.2) is 22.2 Å². The van der Waals surface area contributed by atoms with E-state index in [4.69, 9.17) is 5.73 Å². The van der Waals surface area contributed by atoms with E-state index in [0.717, 1.165) is 0 Å². The Hall–Kier alpha value is -2.37. The summed E-state index contributed by atoms with van der Waals surface area (Å²) in [6.45, 7) is 2.29. The summed E-state index contributed by atoms with van der Waals surface area (Å²) in [6, 6.07) is 5.75. The monoisotopic (exact) mass is 262 g/mol. The zero-order valence-corrected chi connectivity index (χ0v) is 10.8. The topological polar surface area (TPSA) is 64.2 Å². The summed E-state index contributed by atoms with van der Waals surface area (Å²) in [7, 11) is 1.65. The molecule has 1 heterocycles. The van der Waals surface area contributed by atoms with Crippen LogP contribution in [-0.2, 0) is 7.05 Å². The Morgan fingerprint density at radius 2 is 2.05 bits per heavy atom. The normalized spacial score (nSPS) is 10.5. The second kappa shape index (κ2) is 5.09. The van der Waals surface area contributed by atoms with Gasteiger partial charge in [0.2, 0.25) is 0 Å². The molecule has 1 amide bonds. The van der Waals surface area contributed by atoms with Crippen molar-refractivity contribution in [2.75, 3.05) is 17.2 Å². The van der Waals surface area contributed by atoms with E-state index < -0.39 is 0 Å². The quantitative estimate of drug-likeness (QED) is 0.917. The van der Waals surface area contributed by atoms with Crippen molar-refractivity contribution in [1.29, 1.82) is 0 Å². The van der Waals surface area contributed by atoms with E-state index in [1.165, 1.54) is 27.9 Å². The SMILES string of the molecule is CCN(C(=O)c1c(N)cnn1C)c1ccc(F)cc1. The molecule has 100 valence electrons. The van der Waals surface area contributed by atoms with Gasteiger partial charge in [0.25, 0.3) is 5.91 Å². The van der Waals surface area contributed by atoms with Gasteiger partial charge < -0.3 is 10.6 Å². The fourth-order valence-electron chi connectivity index (χ4n) is 1.91. The number of amides is 1. The summed E-state index contributed by atoms with van der Waals surface area (Å²) in [6.07, 6.45) is 1.44. The number of nitrogen functional groups attached to an aromatic ring is 1. The molecule has 19 heavy (non-hydrogen) atoms. The molecule has 0 aliphatic carbocycles. The molecule has 2 aromatic rings. The zero-order chi connectivity index (χ0) is 14.0. The number of nitrogens with zero attached hydrogens (tertiary/aromatic N) is 3. The predicted octanol–water partition coefficient (Wildman–Crippen LogP) is 1.81. The number of aryl methyl sites for hydroxylation is 1. The molecule has 6 heteroatoms. The Kier molecular flexibility index (Phi) is 3.50. The summed E-state index contributed by atoms with van der Waals surface area (Å²) in [5.41, 5.74) is 7.02. The fourth-order valence-corrected chi connectivity index (χ4v) is 1.91. The second-order valence-electron chi connectivity index (χ2n) is 4.10. The molecule has 0 fully saturated rings. The first-order valence-electron chi connectivity index (χ1n) is 5.89. The van der Waals surface area contributed by atoms with Crippen LogP contribution in [0.25, 0.3) is 0 Å². The zero-order valence-electron chi connectivity index (χ0n) is 10.8. The van der Waals surface area contributed by atoms with Crippen molar-refractivity contribution in [1.82, 2.24) is 9.78 Å². The first-order chi connectivity index (χ1) is 9.04.